The van der Waals surface area contributed by atoms with E-state index in [0.29, 0.717) is 17.1 Å². The first-order valence-corrected chi connectivity index (χ1v) is 8.05. The summed E-state index contributed by atoms with van der Waals surface area (Å²) in [6.07, 6.45) is 3.37. The lowest BCUT2D eigenvalue weighted by molar-refractivity contribution is 0.368. The fourth-order valence-corrected chi connectivity index (χ4v) is 3.41. The molecule has 0 amide bonds. The molecule has 6 heteroatoms. The van der Waals surface area contributed by atoms with Gasteiger partial charge in [-0.2, -0.15) is 10.4 Å². The molecule has 2 aromatic rings. The normalized spacial score (nSPS) is 19.5. The SMILES string of the molecule is N#Cc1c(-c2ccccc2)nn(C2CCCCN(P)C2)c1N. The monoisotopic (exact) mass is 313 g/mol. The molecule has 3 rings (SSSR count). The zero-order valence-corrected chi connectivity index (χ0v) is 13.6. The molecule has 1 fully saturated rings. The molecule has 2 N–H and O–H groups in total. The maximum absolute atomic E-state index is 9.48. The van der Waals surface area contributed by atoms with Gasteiger partial charge in [-0.05, 0) is 19.3 Å². The number of nitrogen functional groups attached to an aromatic ring is 1. The molecular weight excluding hydrogens is 293 g/mol. The highest BCUT2D eigenvalue weighted by Gasteiger charge is 2.24. The number of nitrogens with zero attached hydrogens (tertiary/aromatic N) is 4. The van der Waals surface area contributed by atoms with Gasteiger partial charge in [0.25, 0.3) is 0 Å². The lowest BCUT2D eigenvalue weighted by Gasteiger charge is -2.21. The zero-order chi connectivity index (χ0) is 15.5. The second kappa shape index (κ2) is 6.48. The average Bonchev–Trinajstić information content (AvgIpc) is 2.71. The summed E-state index contributed by atoms with van der Waals surface area (Å²) in [7, 11) is 2.77. The van der Waals surface area contributed by atoms with Crippen molar-refractivity contribution >= 4 is 15.2 Å². The molecule has 22 heavy (non-hydrogen) atoms. The highest BCUT2D eigenvalue weighted by atomic mass is 31.0. The fourth-order valence-electron chi connectivity index (χ4n) is 2.98. The van der Waals surface area contributed by atoms with Crippen molar-refractivity contribution in [3.8, 4) is 17.3 Å². The summed E-state index contributed by atoms with van der Waals surface area (Å²) >= 11 is 0. The van der Waals surface area contributed by atoms with Crippen LogP contribution in [0, 0.1) is 11.3 Å². The van der Waals surface area contributed by atoms with Gasteiger partial charge < -0.3 is 5.73 Å². The van der Waals surface area contributed by atoms with Gasteiger partial charge in [-0.3, -0.25) is 4.67 Å². The number of nitrogens with two attached hydrogens (primary N) is 1. The fraction of sp³-hybridized carbons (Fsp3) is 0.375. The van der Waals surface area contributed by atoms with E-state index in [4.69, 9.17) is 5.73 Å². The first-order valence-electron chi connectivity index (χ1n) is 7.54. The van der Waals surface area contributed by atoms with Crippen molar-refractivity contribution in [1.29, 1.82) is 5.26 Å². The van der Waals surface area contributed by atoms with Crippen LogP contribution in [0.25, 0.3) is 11.3 Å². The van der Waals surface area contributed by atoms with Gasteiger partial charge in [0.1, 0.15) is 23.1 Å². The predicted molar refractivity (Wildman–Crippen MR) is 91.0 cm³/mol. The molecule has 1 aliphatic rings. The van der Waals surface area contributed by atoms with Gasteiger partial charge in [0.2, 0.25) is 0 Å². The summed E-state index contributed by atoms with van der Waals surface area (Å²) in [4.78, 5) is 0. The quantitative estimate of drug-likeness (QED) is 0.866. The molecule has 0 radical (unpaired) electrons. The van der Waals surface area contributed by atoms with Gasteiger partial charge in [0, 0.05) is 18.7 Å². The first kappa shape index (κ1) is 15.0. The van der Waals surface area contributed by atoms with E-state index in [1.165, 1.54) is 6.42 Å². The molecular formula is C16H20N5P. The highest BCUT2D eigenvalue weighted by Crippen LogP contribution is 2.31. The van der Waals surface area contributed by atoms with Gasteiger partial charge in [0.15, 0.2) is 0 Å². The zero-order valence-electron chi connectivity index (χ0n) is 12.4. The largest absolute Gasteiger partial charge is 0.383 e. The Labute approximate surface area is 133 Å². The summed E-state index contributed by atoms with van der Waals surface area (Å²) in [6.45, 7) is 1.95. The molecule has 0 spiro atoms. The maximum Gasteiger partial charge on any atom is 0.140 e. The van der Waals surface area contributed by atoms with Gasteiger partial charge in [-0.25, -0.2) is 4.68 Å². The topological polar surface area (TPSA) is 70.9 Å². The van der Waals surface area contributed by atoms with Crippen LogP contribution in [0.3, 0.4) is 0 Å². The molecule has 0 aliphatic carbocycles. The van der Waals surface area contributed by atoms with Crippen LogP contribution in [0.2, 0.25) is 0 Å². The smallest absolute Gasteiger partial charge is 0.140 e. The van der Waals surface area contributed by atoms with E-state index in [2.05, 4.69) is 25.2 Å². The summed E-state index contributed by atoms with van der Waals surface area (Å²) in [5.41, 5.74) is 8.32. The minimum Gasteiger partial charge on any atom is -0.383 e. The van der Waals surface area contributed by atoms with E-state index < -0.39 is 0 Å². The second-order valence-corrected chi connectivity index (χ2v) is 6.41. The van der Waals surface area contributed by atoms with Crippen LogP contribution in [0.1, 0.15) is 30.9 Å². The summed E-state index contributed by atoms with van der Waals surface area (Å²) in [5, 5.41) is 14.2. The molecule has 2 atom stereocenters. The second-order valence-electron chi connectivity index (χ2n) is 5.68. The Morgan fingerprint density at radius 2 is 2.05 bits per heavy atom. The van der Waals surface area contributed by atoms with Gasteiger partial charge in [0.05, 0.1) is 6.04 Å². The van der Waals surface area contributed by atoms with Crippen molar-refractivity contribution in [1.82, 2.24) is 14.5 Å². The van der Waals surface area contributed by atoms with Crippen molar-refractivity contribution in [2.75, 3.05) is 18.8 Å². The number of anilines is 1. The van der Waals surface area contributed by atoms with E-state index in [0.717, 1.165) is 31.5 Å². The van der Waals surface area contributed by atoms with Crippen molar-refractivity contribution in [2.45, 2.75) is 25.3 Å². The number of nitriles is 1. The van der Waals surface area contributed by atoms with E-state index in [1.54, 1.807) is 0 Å². The highest BCUT2D eigenvalue weighted by molar-refractivity contribution is 7.13. The molecule has 1 aliphatic heterocycles. The number of rotatable bonds is 2. The first-order chi connectivity index (χ1) is 10.7. The molecule has 1 aromatic heterocycles. The van der Waals surface area contributed by atoms with Crippen LogP contribution in [-0.4, -0.2) is 27.5 Å². The minimum atomic E-state index is 0.213. The lowest BCUT2D eigenvalue weighted by Crippen LogP contribution is -2.23. The van der Waals surface area contributed by atoms with Crippen molar-refractivity contribution in [3.05, 3.63) is 35.9 Å². The Bertz CT molecular complexity index is 689. The number of hydrogen-bond acceptors (Lipinski definition) is 4. The van der Waals surface area contributed by atoms with Gasteiger partial charge >= 0.3 is 0 Å². The van der Waals surface area contributed by atoms with E-state index in [1.807, 2.05) is 35.0 Å². The van der Waals surface area contributed by atoms with Crippen molar-refractivity contribution in [2.24, 2.45) is 0 Å². The molecule has 2 heterocycles. The third-order valence-corrected chi connectivity index (χ3v) is 4.60. The van der Waals surface area contributed by atoms with Crippen LogP contribution in [0.4, 0.5) is 5.82 Å². The van der Waals surface area contributed by atoms with E-state index >= 15 is 0 Å². The van der Waals surface area contributed by atoms with Crippen molar-refractivity contribution < 1.29 is 0 Å². The Morgan fingerprint density at radius 3 is 2.77 bits per heavy atom. The summed E-state index contributed by atoms with van der Waals surface area (Å²) < 4.78 is 4.08. The van der Waals surface area contributed by atoms with Gasteiger partial charge in [-0.15, -0.1) is 0 Å². The van der Waals surface area contributed by atoms with Crippen LogP contribution >= 0.6 is 9.39 Å². The molecule has 2 unspecified atom stereocenters. The summed E-state index contributed by atoms with van der Waals surface area (Å²) in [5.74, 6) is 0.478. The Hall–Kier alpha value is -1.89. The standard InChI is InChI=1S/C16H20N5P/c17-10-14-15(12-6-2-1-3-7-12)19-21(16(14)18)13-8-4-5-9-20(22)11-13/h1-3,6-7,13H,4-5,8-9,11,18,22H2. The molecule has 0 bridgehead atoms. The molecule has 0 saturated carbocycles. The maximum atomic E-state index is 9.48. The van der Waals surface area contributed by atoms with Crippen LogP contribution in [-0.2, 0) is 0 Å². The van der Waals surface area contributed by atoms with Crippen LogP contribution < -0.4 is 5.73 Å². The van der Waals surface area contributed by atoms with E-state index in [9.17, 15) is 5.26 Å². The summed E-state index contributed by atoms with van der Waals surface area (Å²) in [6, 6.07) is 12.2. The van der Waals surface area contributed by atoms with Crippen LogP contribution in [0.15, 0.2) is 30.3 Å². The average molecular weight is 313 g/mol. The molecule has 114 valence electrons. The molecule has 1 aromatic carbocycles. The third kappa shape index (κ3) is 2.85. The Kier molecular flexibility index (Phi) is 4.42. The van der Waals surface area contributed by atoms with Crippen molar-refractivity contribution in [3.63, 3.8) is 0 Å². The number of benzene rings is 1. The number of hydrogen-bond donors (Lipinski definition) is 1. The third-order valence-electron chi connectivity index (χ3n) is 4.13. The molecule has 1 saturated heterocycles. The molecule has 5 nitrogen and oxygen atoms in total. The van der Waals surface area contributed by atoms with E-state index in [-0.39, 0.29) is 6.04 Å². The van der Waals surface area contributed by atoms with Gasteiger partial charge in [-0.1, -0.05) is 39.7 Å². The minimum absolute atomic E-state index is 0.213. The predicted octanol–water partition coefficient (Wildman–Crippen LogP) is 2.82. The Morgan fingerprint density at radius 1 is 1.27 bits per heavy atom. The lowest BCUT2D eigenvalue weighted by atomic mass is 10.1. The van der Waals surface area contributed by atoms with Crippen LogP contribution in [0.5, 0.6) is 0 Å². The number of aromatic nitrogens is 2. The Balaban J connectivity index is 2.03.